The molecule has 0 saturated carbocycles. The number of hydrogen-bond acceptors (Lipinski definition) is 5. The van der Waals surface area contributed by atoms with Crippen molar-refractivity contribution in [1.82, 2.24) is 10.2 Å². The molecule has 0 aliphatic carbocycles. The maximum atomic E-state index is 14.0. The van der Waals surface area contributed by atoms with Gasteiger partial charge >= 0.3 is 0 Å². The Morgan fingerprint density at radius 2 is 1.55 bits per heavy atom. The minimum absolute atomic E-state index is 0.0288. The smallest absolute Gasteiger partial charge is 0.264 e. The van der Waals surface area contributed by atoms with Gasteiger partial charge in [0.05, 0.1) is 17.2 Å². The summed E-state index contributed by atoms with van der Waals surface area (Å²) in [7, 11) is -4.18. The molecule has 0 heterocycles. The van der Waals surface area contributed by atoms with Crippen molar-refractivity contribution in [3.63, 3.8) is 0 Å². The van der Waals surface area contributed by atoms with Crippen molar-refractivity contribution in [1.29, 1.82) is 0 Å². The summed E-state index contributed by atoms with van der Waals surface area (Å²) < 4.78 is 34.6. The first-order valence-electron chi connectivity index (χ1n) is 13.2. The lowest BCUT2D eigenvalue weighted by Gasteiger charge is -2.32. The average Bonchev–Trinajstić information content (AvgIpc) is 2.94. The maximum absolute atomic E-state index is 14.0. The van der Waals surface area contributed by atoms with Crippen LogP contribution >= 0.6 is 11.6 Å². The van der Waals surface area contributed by atoms with Crippen molar-refractivity contribution in [2.45, 2.75) is 45.2 Å². The lowest BCUT2D eigenvalue weighted by atomic mass is 10.1. The summed E-state index contributed by atoms with van der Waals surface area (Å²) in [6, 6.07) is 20.7. The fourth-order valence-corrected chi connectivity index (χ4v) is 5.57. The Bertz CT molecular complexity index is 1380. The van der Waals surface area contributed by atoms with Crippen LogP contribution in [0.4, 0.5) is 5.69 Å². The van der Waals surface area contributed by atoms with Gasteiger partial charge in [0, 0.05) is 18.1 Å². The van der Waals surface area contributed by atoms with E-state index in [1.807, 2.05) is 13.8 Å². The minimum atomic E-state index is -4.18. The summed E-state index contributed by atoms with van der Waals surface area (Å²) in [4.78, 5) is 28.5. The Morgan fingerprint density at radius 1 is 0.925 bits per heavy atom. The molecule has 2 amide bonds. The quantitative estimate of drug-likeness (QED) is 0.300. The van der Waals surface area contributed by atoms with Crippen LogP contribution in [0.3, 0.4) is 0 Å². The number of amides is 2. The van der Waals surface area contributed by atoms with Gasteiger partial charge in [-0.3, -0.25) is 13.9 Å². The van der Waals surface area contributed by atoms with E-state index in [1.165, 1.54) is 17.0 Å². The molecule has 1 atom stereocenters. The van der Waals surface area contributed by atoms with E-state index >= 15 is 0 Å². The first-order valence-corrected chi connectivity index (χ1v) is 15.0. The number of ether oxygens (including phenoxy) is 1. The van der Waals surface area contributed by atoms with Crippen molar-refractivity contribution in [2.24, 2.45) is 5.92 Å². The van der Waals surface area contributed by atoms with E-state index in [9.17, 15) is 18.0 Å². The van der Waals surface area contributed by atoms with Gasteiger partial charge < -0.3 is 15.0 Å². The number of nitrogens with zero attached hydrogens (tertiary/aromatic N) is 2. The van der Waals surface area contributed by atoms with Crippen molar-refractivity contribution in [3.8, 4) is 5.75 Å². The number of carbonyl (C=O) groups excluding carboxylic acids is 2. The molecule has 214 valence electrons. The van der Waals surface area contributed by atoms with Crippen LogP contribution in [0.2, 0.25) is 5.02 Å². The maximum Gasteiger partial charge on any atom is 0.264 e. The molecule has 0 radical (unpaired) electrons. The lowest BCUT2D eigenvalue weighted by molar-refractivity contribution is -0.139. The molecule has 0 aliphatic heterocycles. The van der Waals surface area contributed by atoms with Crippen LogP contribution in [0.5, 0.6) is 5.75 Å². The molecule has 3 aromatic carbocycles. The molecule has 40 heavy (non-hydrogen) atoms. The highest BCUT2D eigenvalue weighted by molar-refractivity contribution is 7.92. The SMILES string of the molecule is CCOc1ccccc1N(CC(=O)N(Cc1ccc(Cl)cc1)[C@@H](C)C(=O)NCC(C)C)S(=O)(=O)c1ccccc1. The number of sulfonamides is 1. The summed E-state index contributed by atoms with van der Waals surface area (Å²) in [5.41, 5.74) is 0.971. The Morgan fingerprint density at radius 3 is 2.17 bits per heavy atom. The molecule has 3 rings (SSSR count). The van der Waals surface area contributed by atoms with Gasteiger partial charge in [-0.15, -0.1) is 0 Å². The molecular formula is C30H36ClN3O5S. The van der Waals surface area contributed by atoms with Gasteiger partial charge in [0.15, 0.2) is 0 Å². The molecule has 0 bridgehead atoms. The first kappa shape index (κ1) is 31.0. The van der Waals surface area contributed by atoms with Gasteiger partial charge in [0.25, 0.3) is 10.0 Å². The zero-order chi connectivity index (χ0) is 29.3. The van der Waals surface area contributed by atoms with E-state index in [4.69, 9.17) is 16.3 Å². The number of anilines is 1. The van der Waals surface area contributed by atoms with Gasteiger partial charge in [0.2, 0.25) is 11.8 Å². The number of rotatable bonds is 13. The van der Waals surface area contributed by atoms with E-state index in [2.05, 4.69) is 5.32 Å². The molecule has 0 aromatic heterocycles. The Labute approximate surface area is 241 Å². The number of benzene rings is 3. The van der Waals surface area contributed by atoms with E-state index in [1.54, 1.807) is 80.6 Å². The third kappa shape index (κ3) is 7.99. The van der Waals surface area contributed by atoms with Crippen LogP contribution in [-0.4, -0.2) is 50.9 Å². The number of nitrogens with one attached hydrogen (secondary N) is 1. The van der Waals surface area contributed by atoms with Crippen LogP contribution < -0.4 is 14.4 Å². The molecule has 1 N–H and O–H groups in total. The standard InChI is InChI=1S/C30H36ClN3O5S/c1-5-39-28-14-10-9-13-27(28)34(40(37,38)26-11-7-6-8-12-26)21-29(35)33(20-24-15-17-25(31)18-16-24)23(4)30(36)32-19-22(2)3/h6-18,22-23H,5,19-21H2,1-4H3,(H,32,36)/t23-/m0/s1. The molecule has 0 aliphatic rings. The zero-order valence-corrected chi connectivity index (χ0v) is 24.8. The fourth-order valence-electron chi connectivity index (χ4n) is 4.00. The van der Waals surface area contributed by atoms with Crippen LogP contribution in [-0.2, 0) is 26.2 Å². The molecule has 0 saturated heterocycles. The Kier molecular flexibility index (Phi) is 11.0. The number of hydrogen-bond donors (Lipinski definition) is 1. The highest BCUT2D eigenvalue weighted by Gasteiger charge is 2.33. The second-order valence-electron chi connectivity index (χ2n) is 9.69. The molecular weight excluding hydrogens is 550 g/mol. The Hall–Kier alpha value is -3.56. The van der Waals surface area contributed by atoms with Gasteiger partial charge in [-0.25, -0.2) is 8.42 Å². The largest absolute Gasteiger partial charge is 0.492 e. The number of halogens is 1. The second kappa shape index (κ2) is 14.2. The summed E-state index contributed by atoms with van der Waals surface area (Å²) in [6.07, 6.45) is 0. The van der Waals surface area contributed by atoms with E-state index < -0.39 is 28.5 Å². The fraction of sp³-hybridized carbons (Fsp3) is 0.333. The summed E-state index contributed by atoms with van der Waals surface area (Å²) in [5.74, 6) is -0.335. The predicted molar refractivity (Wildman–Crippen MR) is 158 cm³/mol. The second-order valence-corrected chi connectivity index (χ2v) is 12.0. The van der Waals surface area contributed by atoms with Gasteiger partial charge in [-0.1, -0.05) is 67.9 Å². The number of carbonyl (C=O) groups is 2. The summed E-state index contributed by atoms with van der Waals surface area (Å²) in [5, 5.41) is 3.41. The summed E-state index contributed by atoms with van der Waals surface area (Å²) in [6.45, 7) is 7.67. The van der Waals surface area contributed by atoms with E-state index in [-0.39, 0.29) is 29.0 Å². The third-order valence-electron chi connectivity index (χ3n) is 6.16. The van der Waals surface area contributed by atoms with Crippen LogP contribution in [0.25, 0.3) is 0 Å². The molecule has 8 nitrogen and oxygen atoms in total. The Balaban J connectivity index is 2.04. The van der Waals surface area contributed by atoms with E-state index in [0.717, 1.165) is 9.87 Å². The molecule has 10 heteroatoms. The van der Waals surface area contributed by atoms with Crippen LogP contribution in [0.1, 0.15) is 33.3 Å². The topological polar surface area (TPSA) is 96.0 Å². The van der Waals surface area contributed by atoms with Crippen molar-refractivity contribution < 1.29 is 22.7 Å². The molecule has 0 spiro atoms. The number of para-hydroxylation sites is 2. The zero-order valence-electron chi connectivity index (χ0n) is 23.2. The highest BCUT2D eigenvalue weighted by atomic mass is 35.5. The first-order chi connectivity index (χ1) is 19.0. The van der Waals surface area contributed by atoms with Crippen LogP contribution in [0, 0.1) is 5.92 Å². The minimum Gasteiger partial charge on any atom is -0.492 e. The molecule has 0 fully saturated rings. The monoisotopic (exact) mass is 585 g/mol. The lowest BCUT2D eigenvalue weighted by Crippen LogP contribution is -2.51. The van der Waals surface area contributed by atoms with Gasteiger partial charge in [-0.05, 0) is 61.7 Å². The van der Waals surface area contributed by atoms with Gasteiger partial charge in [-0.2, -0.15) is 0 Å². The molecule has 3 aromatic rings. The highest BCUT2D eigenvalue weighted by Crippen LogP contribution is 2.33. The van der Waals surface area contributed by atoms with Crippen molar-refractivity contribution >= 4 is 39.1 Å². The molecule has 0 unspecified atom stereocenters. The van der Waals surface area contributed by atoms with Gasteiger partial charge in [0.1, 0.15) is 18.3 Å². The van der Waals surface area contributed by atoms with Crippen LogP contribution in [0.15, 0.2) is 83.8 Å². The average molecular weight is 586 g/mol. The third-order valence-corrected chi connectivity index (χ3v) is 8.19. The normalized spacial score (nSPS) is 12.1. The summed E-state index contributed by atoms with van der Waals surface area (Å²) >= 11 is 6.05. The van der Waals surface area contributed by atoms with E-state index in [0.29, 0.717) is 23.9 Å². The van der Waals surface area contributed by atoms with Crippen molar-refractivity contribution in [3.05, 3.63) is 89.4 Å². The van der Waals surface area contributed by atoms with Crippen molar-refractivity contribution in [2.75, 3.05) is 24.0 Å². The predicted octanol–water partition coefficient (Wildman–Crippen LogP) is 5.12.